The summed E-state index contributed by atoms with van der Waals surface area (Å²) in [6.07, 6.45) is 0. The molecule has 0 saturated heterocycles. The van der Waals surface area contributed by atoms with Gasteiger partial charge in [-0.2, -0.15) is 0 Å². The summed E-state index contributed by atoms with van der Waals surface area (Å²) in [5.74, 6) is -0.0421. The van der Waals surface area contributed by atoms with Crippen molar-refractivity contribution in [3.8, 4) is 0 Å². The van der Waals surface area contributed by atoms with Gasteiger partial charge in [0.05, 0.1) is 12.2 Å². The Hall–Kier alpha value is -1.52. The van der Waals surface area contributed by atoms with E-state index in [1.54, 1.807) is 0 Å². The molecule has 1 heterocycles. The molecule has 0 saturated carbocycles. The molecule has 0 aliphatic carbocycles. The molecule has 5 nitrogen and oxygen atoms in total. The Morgan fingerprint density at radius 2 is 2.07 bits per heavy atom. The second kappa shape index (κ2) is 3.69. The van der Waals surface area contributed by atoms with Gasteiger partial charge in [-0.25, -0.2) is 0 Å². The zero-order chi connectivity index (χ0) is 10.8. The number of hydrogen-bond acceptors (Lipinski definition) is 2. The fourth-order valence-corrected chi connectivity index (χ4v) is 0.908. The van der Waals surface area contributed by atoms with Crippen molar-refractivity contribution >= 4 is 5.91 Å². The van der Waals surface area contributed by atoms with Crippen LogP contribution in [0.15, 0.2) is 10.9 Å². The number of amides is 1. The molecule has 0 bridgehead atoms. The highest BCUT2D eigenvalue weighted by molar-refractivity contribution is 5.81. The molecule has 1 rings (SSSR count). The summed E-state index contributed by atoms with van der Waals surface area (Å²) < 4.78 is 0. The van der Waals surface area contributed by atoms with E-state index < -0.39 is 5.41 Å². The van der Waals surface area contributed by atoms with Crippen LogP contribution in [0.1, 0.15) is 26.5 Å². The summed E-state index contributed by atoms with van der Waals surface area (Å²) in [4.78, 5) is 22.2. The average Bonchev–Trinajstić information content (AvgIpc) is 2.45. The predicted molar refractivity (Wildman–Crippen MR) is 52.7 cm³/mol. The van der Waals surface area contributed by atoms with E-state index in [9.17, 15) is 9.59 Å². The normalized spacial score (nSPS) is 11.4. The monoisotopic (exact) mass is 197 g/mol. The molecule has 0 spiro atoms. The second-order valence-corrected chi connectivity index (χ2v) is 4.22. The minimum Gasteiger partial charge on any atom is -0.350 e. The van der Waals surface area contributed by atoms with E-state index in [2.05, 4.69) is 15.5 Å². The first-order valence-corrected chi connectivity index (χ1v) is 4.44. The number of rotatable bonds is 2. The third-order valence-corrected chi connectivity index (χ3v) is 1.77. The molecule has 1 aromatic heterocycles. The molecule has 0 fully saturated rings. The summed E-state index contributed by atoms with van der Waals surface area (Å²) >= 11 is 0. The van der Waals surface area contributed by atoms with Crippen molar-refractivity contribution in [1.29, 1.82) is 0 Å². The number of aromatic nitrogens is 2. The number of carbonyl (C=O) groups is 1. The van der Waals surface area contributed by atoms with Crippen LogP contribution in [0.25, 0.3) is 0 Å². The predicted octanol–water partition coefficient (Wildman–Crippen LogP) is 0.365. The molecule has 5 heteroatoms. The Kier molecular flexibility index (Phi) is 2.78. The van der Waals surface area contributed by atoms with Crippen LogP contribution in [0.4, 0.5) is 0 Å². The van der Waals surface area contributed by atoms with Crippen LogP contribution in [0.3, 0.4) is 0 Å². The molecule has 1 amide bonds. The van der Waals surface area contributed by atoms with Crippen molar-refractivity contribution in [3.05, 3.63) is 22.1 Å². The van der Waals surface area contributed by atoms with Crippen LogP contribution in [-0.2, 0) is 11.3 Å². The largest absolute Gasteiger partial charge is 0.350 e. The van der Waals surface area contributed by atoms with Crippen molar-refractivity contribution in [3.63, 3.8) is 0 Å². The van der Waals surface area contributed by atoms with Gasteiger partial charge >= 0.3 is 0 Å². The third kappa shape index (κ3) is 2.76. The van der Waals surface area contributed by atoms with Crippen LogP contribution < -0.4 is 10.9 Å². The lowest BCUT2D eigenvalue weighted by molar-refractivity contribution is -0.128. The van der Waals surface area contributed by atoms with Gasteiger partial charge in [-0.3, -0.25) is 14.7 Å². The van der Waals surface area contributed by atoms with Gasteiger partial charge in [0.1, 0.15) is 0 Å². The van der Waals surface area contributed by atoms with Crippen LogP contribution >= 0.6 is 0 Å². The molecule has 0 aromatic carbocycles. The first kappa shape index (κ1) is 10.6. The summed E-state index contributed by atoms with van der Waals surface area (Å²) in [6.45, 7) is 5.85. The van der Waals surface area contributed by atoms with Crippen molar-refractivity contribution in [2.24, 2.45) is 5.41 Å². The Morgan fingerprint density at radius 1 is 1.43 bits per heavy atom. The van der Waals surface area contributed by atoms with E-state index in [4.69, 9.17) is 0 Å². The molecule has 0 atom stereocenters. The SMILES string of the molecule is CC(C)(C)C(=O)NCc1cc(=O)[nH][nH]1. The van der Waals surface area contributed by atoms with Crippen molar-refractivity contribution in [2.45, 2.75) is 27.3 Å². The van der Waals surface area contributed by atoms with Gasteiger partial charge in [0, 0.05) is 11.5 Å². The lowest BCUT2D eigenvalue weighted by Gasteiger charge is -2.16. The molecule has 0 radical (unpaired) electrons. The van der Waals surface area contributed by atoms with Crippen LogP contribution in [0.2, 0.25) is 0 Å². The number of nitrogens with one attached hydrogen (secondary N) is 3. The highest BCUT2D eigenvalue weighted by Gasteiger charge is 2.20. The van der Waals surface area contributed by atoms with Crippen molar-refractivity contribution < 1.29 is 4.79 Å². The fourth-order valence-electron chi connectivity index (χ4n) is 0.908. The minimum absolute atomic E-state index is 0.0421. The van der Waals surface area contributed by atoms with Gasteiger partial charge < -0.3 is 10.4 Å². The molecule has 78 valence electrons. The number of aromatic amines is 2. The van der Waals surface area contributed by atoms with E-state index in [0.29, 0.717) is 12.2 Å². The Balaban J connectivity index is 2.50. The van der Waals surface area contributed by atoms with Gasteiger partial charge in [-0.15, -0.1) is 0 Å². The van der Waals surface area contributed by atoms with Gasteiger partial charge in [-0.1, -0.05) is 20.8 Å². The van der Waals surface area contributed by atoms with Gasteiger partial charge in [-0.05, 0) is 0 Å². The van der Waals surface area contributed by atoms with E-state index >= 15 is 0 Å². The fraction of sp³-hybridized carbons (Fsp3) is 0.556. The molecule has 1 aromatic rings. The summed E-state index contributed by atoms with van der Waals surface area (Å²) in [6, 6.07) is 1.42. The minimum atomic E-state index is -0.406. The molecule has 3 N–H and O–H groups in total. The van der Waals surface area contributed by atoms with Crippen LogP contribution in [-0.4, -0.2) is 16.1 Å². The Morgan fingerprint density at radius 3 is 2.50 bits per heavy atom. The number of H-pyrrole nitrogens is 2. The summed E-state index contributed by atoms with van der Waals surface area (Å²) in [7, 11) is 0. The van der Waals surface area contributed by atoms with Crippen molar-refractivity contribution in [1.82, 2.24) is 15.5 Å². The molecular formula is C9H15N3O2. The quantitative estimate of drug-likeness (QED) is 0.640. The summed E-state index contributed by atoms with van der Waals surface area (Å²) in [5.41, 5.74) is 0.0777. The Labute approximate surface area is 81.9 Å². The van der Waals surface area contributed by atoms with Crippen LogP contribution in [0.5, 0.6) is 0 Å². The Bertz CT molecular complexity index is 370. The molecule has 0 unspecified atom stereocenters. The number of carbonyl (C=O) groups excluding carboxylic acids is 1. The molecule has 0 aliphatic heterocycles. The van der Waals surface area contributed by atoms with E-state index in [0.717, 1.165) is 0 Å². The standard InChI is InChI=1S/C9H15N3O2/c1-9(2,3)8(14)10-5-6-4-7(13)12-11-6/h4H,5H2,1-3H3,(H,10,14)(H2,11,12,13). The summed E-state index contributed by atoms with van der Waals surface area (Å²) in [5, 5.41) is 7.78. The maximum absolute atomic E-state index is 11.4. The van der Waals surface area contributed by atoms with E-state index in [-0.39, 0.29) is 11.5 Å². The van der Waals surface area contributed by atoms with Gasteiger partial charge in [0.25, 0.3) is 5.56 Å². The zero-order valence-corrected chi connectivity index (χ0v) is 8.60. The smallest absolute Gasteiger partial charge is 0.264 e. The second-order valence-electron chi connectivity index (χ2n) is 4.22. The van der Waals surface area contributed by atoms with Gasteiger partial charge in [0.2, 0.25) is 5.91 Å². The first-order valence-electron chi connectivity index (χ1n) is 4.44. The maximum atomic E-state index is 11.4. The highest BCUT2D eigenvalue weighted by atomic mass is 16.2. The molecule has 14 heavy (non-hydrogen) atoms. The highest BCUT2D eigenvalue weighted by Crippen LogP contribution is 2.12. The van der Waals surface area contributed by atoms with E-state index in [1.807, 2.05) is 20.8 Å². The first-order chi connectivity index (χ1) is 6.39. The zero-order valence-electron chi connectivity index (χ0n) is 8.60. The van der Waals surface area contributed by atoms with Gasteiger partial charge in [0.15, 0.2) is 0 Å². The van der Waals surface area contributed by atoms with Crippen LogP contribution in [0, 0.1) is 5.41 Å². The third-order valence-electron chi connectivity index (χ3n) is 1.77. The van der Waals surface area contributed by atoms with Crippen molar-refractivity contribution in [2.75, 3.05) is 0 Å². The average molecular weight is 197 g/mol. The maximum Gasteiger partial charge on any atom is 0.264 e. The lowest BCUT2D eigenvalue weighted by Crippen LogP contribution is -2.34. The lowest BCUT2D eigenvalue weighted by atomic mass is 9.96. The molecule has 0 aliphatic rings. The number of hydrogen-bond donors (Lipinski definition) is 3. The topological polar surface area (TPSA) is 77.8 Å². The molecular weight excluding hydrogens is 182 g/mol. The van der Waals surface area contributed by atoms with E-state index in [1.165, 1.54) is 6.07 Å².